The van der Waals surface area contributed by atoms with Crippen molar-refractivity contribution < 1.29 is 0 Å². The third kappa shape index (κ3) is 2.24. The molecule has 0 N–H and O–H groups in total. The number of hydrogen-bond acceptors (Lipinski definition) is 3. The molecule has 0 aliphatic rings. The van der Waals surface area contributed by atoms with Crippen LogP contribution in [-0.2, 0) is 0 Å². The fourth-order valence-electron chi connectivity index (χ4n) is 2.63. The molecule has 0 unspecified atom stereocenters. The minimum Gasteiger partial charge on any atom is -0.245 e. The Morgan fingerprint density at radius 2 is 1.32 bits per heavy atom. The molecule has 4 aromatic rings. The number of rotatable bonds is 2. The van der Waals surface area contributed by atoms with E-state index in [4.69, 9.17) is 9.97 Å². The first-order valence-corrected chi connectivity index (χ1v) is 8.37. The lowest BCUT2D eigenvalue weighted by atomic mass is 10.1. The van der Waals surface area contributed by atoms with Crippen LogP contribution in [0.3, 0.4) is 0 Å². The molecule has 2 aromatic heterocycles. The molecule has 0 aliphatic heterocycles. The molecular formula is C19H14N2S. The van der Waals surface area contributed by atoms with E-state index in [2.05, 4.69) is 48.5 Å². The lowest BCUT2D eigenvalue weighted by Gasteiger charge is -2.07. The van der Waals surface area contributed by atoms with Gasteiger partial charge in [-0.05, 0) is 18.4 Å². The first-order valence-electron chi connectivity index (χ1n) is 7.15. The molecule has 2 nitrogen and oxygen atoms in total. The van der Waals surface area contributed by atoms with Crippen molar-refractivity contribution in [3.05, 3.63) is 66.7 Å². The number of nitrogens with zero attached hydrogens (tertiary/aromatic N) is 2. The predicted molar refractivity (Wildman–Crippen MR) is 94.3 cm³/mol. The highest BCUT2D eigenvalue weighted by Crippen LogP contribution is 2.27. The van der Waals surface area contributed by atoms with Crippen LogP contribution in [0.15, 0.2) is 71.8 Å². The number of thioether (sulfide) groups is 1. The Balaban J connectivity index is 2.02. The molecule has 0 spiro atoms. The highest BCUT2D eigenvalue weighted by atomic mass is 32.2. The van der Waals surface area contributed by atoms with Crippen molar-refractivity contribution in [2.24, 2.45) is 0 Å². The van der Waals surface area contributed by atoms with Crippen LogP contribution in [0.25, 0.3) is 33.1 Å². The SMILES string of the molecule is CSc1ccc2ccc3ccc(-c4ccccc4)nc3c2n1. The maximum atomic E-state index is 4.88. The summed E-state index contributed by atoms with van der Waals surface area (Å²) in [6.45, 7) is 0. The molecule has 0 atom stereocenters. The number of hydrogen-bond donors (Lipinski definition) is 0. The van der Waals surface area contributed by atoms with Crippen molar-refractivity contribution in [3.8, 4) is 11.3 Å². The van der Waals surface area contributed by atoms with E-state index in [1.54, 1.807) is 11.8 Å². The van der Waals surface area contributed by atoms with E-state index in [-0.39, 0.29) is 0 Å². The van der Waals surface area contributed by atoms with Crippen molar-refractivity contribution in [2.45, 2.75) is 5.03 Å². The van der Waals surface area contributed by atoms with Gasteiger partial charge in [0.1, 0.15) is 0 Å². The van der Waals surface area contributed by atoms with Crippen molar-refractivity contribution in [1.29, 1.82) is 0 Å². The lowest BCUT2D eigenvalue weighted by molar-refractivity contribution is 1.19. The number of pyridine rings is 2. The molecule has 0 fully saturated rings. The summed E-state index contributed by atoms with van der Waals surface area (Å²) in [6, 6.07) is 22.8. The average Bonchev–Trinajstić information content (AvgIpc) is 2.61. The molecular weight excluding hydrogens is 288 g/mol. The van der Waals surface area contributed by atoms with Gasteiger partial charge in [-0.3, -0.25) is 0 Å². The smallest absolute Gasteiger partial charge is 0.0978 e. The second kappa shape index (κ2) is 5.43. The third-order valence-electron chi connectivity index (χ3n) is 3.77. The maximum absolute atomic E-state index is 4.88. The van der Waals surface area contributed by atoms with E-state index in [0.717, 1.165) is 38.1 Å². The first-order chi connectivity index (χ1) is 10.8. The van der Waals surface area contributed by atoms with Gasteiger partial charge in [-0.2, -0.15) is 0 Å². The van der Waals surface area contributed by atoms with E-state index in [0.29, 0.717) is 0 Å². The molecule has 0 bridgehead atoms. The highest BCUT2D eigenvalue weighted by molar-refractivity contribution is 7.98. The van der Waals surface area contributed by atoms with Gasteiger partial charge < -0.3 is 0 Å². The van der Waals surface area contributed by atoms with Crippen LogP contribution < -0.4 is 0 Å². The number of fused-ring (bicyclic) bond motifs is 3. The van der Waals surface area contributed by atoms with Gasteiger partial charge in [-0.15, -0.1) is 11.8 Å². The van der Waals surface area contributed by atoms with E-state index in [1.165, 1.54) is 0 Å². The molecule has 106 valence electrons. The third-order valence-corrected chi connectivity index (χ3v) is 4.42. The van der Waals surface area contributed by atoms with Gasteiger partial charge in [-0.1, -0.05) is 54.6 Å². The van der Waals surface area contributed by atoms with Crippen LogP contribution in [0.1, 0.15) is 0 Å². The van der Waals surface area contributed by atoms with E-state index in [9.17, 15) is 0 Å². The summed E-state index contributed by atoms with van der Waals surface area (Å²) in [5.41, 5.74) is 4.05. The fourth-order valence-corrected chi connectivity index (χ4v) is 3.02. The Morgan fingerprint density at radius 3 is 2.05 bits per heavy atom. The van der Waals surface area contributed by atoms with Crippen LogP contribution in [0.4, 0.5) is 0 Å². The van der Waals surface area contributed by atoms with Gasteiger partial charge in [0.25, 0.3) is 0 Å². The summed E-state index contributed by atoms with van der Waals surface area (Å²) in [7, 11) is 0. The van der Waals surface area contributed by atoms with Gasteiger partial charge >= 0.3 is 0 Å². The van der Waals surface area contributed by atoms with Gasteiger partial charge in [0, 0.05) is 16.3 Å². The van der Waals surface area contributed by atoms with Crippen LogP contribution >= 0.6 is 11.8 Å². The summed E-state index contributed by atoms with van der Waals surface area (Å²) in [5, 5.41) is 3.27. The van der Waals surface area contributed by atoms with Gasteiger partial charge in [0.2, 0.25) is 0 Å². The summed E-state index contributed by atoms with van der Waals surface area (Å²) >= 11 is 1.65. The van der Waals surface area contributed by atoms with Crippen LogP contribution in [0, 0.1) is 0 Å². The molecule has 0 aliphatic carbocycles. The van der Waals surface area contributed by atoms with E-state index >= 15 is 0 Å². The highest BCUT2D eigenvalue weighted by Gasteiger charge is 2.07. The minimum atomic E-state index is 0.967. The van der Waals surface area contributed by atoms with Crippen LogP contribution in [-0.4, -0.2) is 16.2 Å². The molecule has 0 saturated heterocycles. The zero-order chi connectivity index (χ0) is 14.9. The average molecular weight is 302 g/mol. The second-order valence-electron chi connectivity index (χ2n) is 5.13. The normalized spacial score (nSPS) is 11.1. The summed E-state index contributed by atoms with van der Waals surface area (Å²) in [4.78, 5) is 9.63. The maximum Gasteiger partial charge on any atom is 0.0978 e. The van der Waals surface area contributed by atoms with Gasteiger partial charge in [-0.25, -0.2) is 9.97 Å². The van der Waals surface area contributed by atoms with Crippen molar-refractivity contribution in [1.82, 2.24) is 9.97 Å². The Morgan fingerprint density at radius 1 is 0.682 bits per heavy atom. The fraction of sp³-hybridized carbons (Fsp3) is 0.0526. The molecule has 22 heavy (non-hydrogen) atoms. The van der Waals surface area contributed by atoms with Crippen molar-refractivity contribution in [3.63, 3.8) is 0 Å². The van der Waals surface area contributed by atoms with Crippen molar-refractivity contribution in [2.75, 3.05) is 6.26 Å². The van der Waals surface area contributed by atoms with Gasteiger partial charge in [0.15, 0.2) is 0 Å². The molecule has 0 radical (unpaired) electrons. The molecule has 0 amide bonds. The lowest BCUT2D eigenvalue weighted by Crippen LogP contribution is -1.89. The van der Waals surface area contributed by atoms with Crippen LogP contribution in [0.5, 0.6) is 0 Å². The summed E-state index contributed by atoms with van der Waals surface area (Å²) in [6.07, 6.45) is 2.04. The molecule has 3 heteroatoms. The standard InChI is InChI=1S/C19H14N2S/c1-22-17-12-10-15-8-7-14-9-11-16(13-5-3-2-4-6-13)20-18(14)19(15)21-17/h2-12H,1H3. The molecule has 4 rings (SSSR count). The largest absolute Gasteiger partial charge is 0.245 e. The zero-order valence-corrected chi connectivity index (χ0v) is 13.0. The van der Waals surface area contributed by atoms with Crippen LogP contribution in [0.2, 0.25) is 0 Å². The van der Waals surface area contributed by atoms with Crippen molar-refractivity contribution >= 4 is 33.6 Å². The summed E-state index contributed by atoms with van der Waals surface area (Å²) in [5.74, 6) is 0. The Labute approximate surface area is 133 Å². The zero-order valence-electron chi connectivity index (χ0n) is 12.2. The molecule has 0 saturated carbocycles. The van der Waals surface area contributed by atoms with E-state index in [1.807, 2.05) is 24.5 Å². The monoisotopic (exact) mass is 302 g/mol. The topological polar surface area (TPSA) is 25.8 Å². The Kier molecular flexibility index (Phi) is 3.28. The molecule has 2 heterocycles. The van der Waals surface area contributed by atoms with Gasteiger partial charge in [0.05, 0.1) is 21.8 Å². The quantitative estimate of drug-likeness (QED) is 0.377. The minimum absolute atomic E-state index is 0.967. The molecule has 2 aromatic carbocycles. The number of benzene rings is 2. The summed E-state index contributed by atoms with van der Waals surface area (Å²) < 4.78 is 0. The van der Waals surface area contributed by atoms with E-state index < -0.39 is 0 Å². The second-order valence-corrected chi connectivity index (χ2v) is 5.95. The number of aromatic nitrogens is 2. The first kappa shape index (κ1) is 13.3. The Hall–Kier alpha value is -2.39. The Bertz CT molecular complexity index is 965. The predicted octanol–water partition coefficient (Wildman–Crippen LogP) is 5.17.